The number of hydrogen-bond donors (Lipinski definition) is 0. The van der Waals surface area contributed by atoms with Crippen LogP contribution in [0.5, 0.6) is 0 Å². The summed E-state index contributed by atoms with van der Waals surface area (Å²) in [4.78, 5) is 17.7. The van der Waals surface area contributed by atoms with Gasteiger partial charge in [0.25, 0.3) is 0 Å². The van der Waals surface area contributed by atoms with Crippen molar-refractivity contribution in [3.8, 4) is 11.4 Å². The lowest BCUT2D eigenvalue weighted by Gasteiger charge is -2.20. The second kappa shape index (κ2) is 8.75. The van der Waals surface area contributed by atoms with Crippen LogP contribution in [0.3, 0.4) is 0 Å². The fourth-order valence-electron chi connectivity index (χ4n) is 4.04. The Morgan fingerprint density at radius 3 is 2.17 bits per heavy atom. The molecule has 5 rings (SSSR count). The molecule has 5 aromatic rings. The van der Waals surface area contributed by atoms with Crippen LogP contribution >= 0.6 is 0 Å². The molecule has 0 fully saturated rings. The Kier molecular flexibility index (Phi) is 5.70. The molecule has 0 saturated heterocycles. The molecule has 5 nitrogen and oxygen atoms in total. The number of aromatic nitrogens is 3. The zero-order valence-corrected chi connectivity index (χ0v) is 19.2. The van der Waals surface area contributed by atoms with E-state index >= 15 is 0 Å². The molecule has 0 bridgehead atoms. The molecular weight excluding hydrogens is 474 g/mol. The smallest absolute Gasteiger partial charge is 0.237 e. The van der Waals surface area contributed by atoms with Crippen molar-refractivity contribution in [1.29, 1.82) is 0 Å². The normalized spacial score (nSPS) is 11.8. The Balaban J connectivity index is 1.64. The van der Waals surface area contributed by atoms with E-state index in [4.69, 9.17) is 4.52 Å². The summed E-state index contributed by atoms with van der Waals surface area (Å²) in [6.07, 6.45) is 1.44. The topological polar surface area (TPSA) is 60.9 Å². The summed E-state index contributed by atoms with van der Waals surface area (Å²) in [5, 5.41) is 3.90. The SMILES string of the molecule is CC(C)(c1ccc(F)cc1)c1nc(-c2cn(Cc3ccc(F)cc3)c3cc(F)c(F)cc3c2=O)no1. The standard InChI is InChI=1S/C27H19F4N3O2/c1-27(2,16-5-9-18(29)10-6-16)26-32-25(33-36-26)20-14-34(13-15-3-7-17(28)8-4-15)23-12-22(31)21(30)11-19(23)24(20)35/h3-12,14H,13H2,1-2H3. The number of rotatable bonds is 5. The molecular formula is C27H19F4N3O2. The van der Waals surface area contributed by atoms with Gasteiger partial charge in [-0.3, -0.25) is 4.79 Å². The molecule has 36 heavy (non-hydrogen) atoms. The van der Waals surface area contributed by atoms with Crippen LogP contribution in [0.2, 0.25) is 0 Å². The molecule has 0 aliphatic carbocycles. The van der Waals surface area contributed by atoms with Crippen molar-refractivity contribution < 1.29 is 22.1 Å². The van der Waals surface area contributed by atoms with Crippen molar-refractivity contribution in [3.05, 3.63) is 117 Å². The van der Waals surface area contributed by atoms with Gasteiger partial charge in [-0.25, -0.2) is 17.6 Å². The van der Waals surface area contributed by atoms with Gasteiger partial charge in [0, 0.05) is 24.2 Å². The van der Waals surface area contributed by atoms with Crippen molar-refractivity contribution in [3.63, 3.8) is 0 Å². The second-order valence-electron chi connectivity index (χ2n) is 8.96. The third-order valence-corrected chi connectivity index (χ3v) is 6.16. The van der Waals surface area contributed by atoms with Crippen molar-refractivity contribution in [2.45, 2.75) is 25.8 Å². The van der Waals surface area contributed by atoms with Crippen molar-refractivity contribution in [1.82, 2.24) is 14.7 Å². The Bertz CT molecular complexity index is 1640. The summed E-state index contributed by atoms with van der Waals surface area (Å²) >= 11 is 0. The van der Waals surface area contributed by atoms with E-state index in [9.17, 15) is 22.4 Å². The summed E-state index contributed by atoms with van der Waals surface area (Å²) in [6, 6.07) is 13.3. The molecule has 2 heterocycles. The Labute approximate surface area is 202 Å². The average molecular weight is 493 g/mol. The molecule has 2 aromatic heterocycles. The van der Waals surface area contributed by atoms with E-state index in [1.165, 1.54) is 30.5 Å². The Morgan fingerprint density at radius 2 is 1.50 bits per heavy atom. The molecule has 0 saturated carbocycles. The number of benzene rings is 3. The maximum Gasteiger partial charge on any atom is 0.237 e. The maximum absolute atomic E-state index is 14.1. The van der Waals surface area contributed by atoms with Crippen LogP contribution in [0.15, 0.2) is 76.2 Å². The van der Waals surface area contributed by atoms with Gasteiger partial charge in [-0.15, -0.1) is 0 Å². The number of halogens is 4. The maximum atomic E-state index is 14.1. The van der Waals surface area contributed by atoms with Crippen LogP contribution in [-0.2, 0) is 12.0 Å². The zero-order chi connectivity index (χ0) is 25.6. The monoisotopic (exact) mass is 493 g/mol. The number of fused-ring (bicyclic) bond motifs is 1. The number of nitrogens with zero attached hydrogens (tertiary/aromatic N) is 3. The fraction of sp³-hybridized carbons (Fsp3) is 0.148. The van der Waals surface area contributed by atoms with Gasteiger partial charge in [0.15, 0.2) is 11.6 Å². The minimum Gasteiger partial charge on any atom is -0.342 e. The van der Waals surface area contributed by atoms with E-state index in [1.54, 1.807) is 28.8 Å². The van der Waals surface area contributed by atoms with E-state index < -0.39 is 28.3 Å². The molecule has 0 aliphatic heterocycles. The summed E-state index contributed by atoms with van der Waals surface area (Å²) in [5.74, 6) is -2.94. The van der Waals surface area contributed by atoms with Crippen LogP contribution in [0.4, 0.5) is 17.6 Å². The molecule has 0 amide bonds. The molecule has 0 radical (unpaired) electrons. The fourth-order valence-corrected chi connectivity index (χ4v) is 4.04. The van der Waals surface area contributed by atoms with Gasteiger partial charge in [-0.05, 0) is 55.3 Å². The highest BCUT2D eigenvalue weighted by molar-refractivity contribution is 5.83. The van der Waals surface area contributed by atoms with Gasteiger partial charge in [-0.1, -0.05) is 29.4 Å². The first-order valence-corrected chi connectivity index (χ1v) is 11.0. The zero-order valence-electron chi connectivity index (χ0n) is 19.2. The second-order valence-corrected chi connectivity index (χ2v) is 8.96. The number of pyridine rings is 1. The first-order chi connectivity index (χ1) is 17.1. The van der Waals surface area contributed by atoms with Crippen molar-refractivity contribution in [2.75, 3.05) is 0 Å². The highest BCUT2D eigenvalue weighted by Crippen LogP contribution is 2.31. The summed E-state index contributed by atoms with van der Waals surface area (Å²) < 4.78 is 62.0. The van der Waals surface area contributed by atoms with E-state index in [0.717, 1.165) is 12.1 Å². The van der Waals surface area contributed by atoms with Crippen LogP contribution in [0.1, 0.15) is 30.9 Å². The lowest BCUT2D eigenvalue weighted by Crippen LogP contribution is -2.19. The van der Waals surface area contributed by atoms with E-state index in [1.807, 2.05) is 13.8 Å². The first kappa shape index (κ1) is 23.5. The van der Waals surface area contributed by atoms with Crippen molar-refractivity contribution in [2.24, 2.45) is 0 Å². The Hall–Kier alpha value is -4.27. The largest absolute Gasteiger partial charge is 0.342 e. The predicted molar refractivity (Wildman–Crippen MR) is 125 cm³/mol. The number of hydrogen-bond acceptors (Lipinski definition) is 4. The molecule has 0 N–H and O–H groups in total. The van der Waals surface area contributed by atoms with Crippen LogP contribution in [0.25, 0.3) is 22.3 Å². The molecule has 0 unspecified atom stereocenters. The third-order valence-electron chi connectivity index (χ3n) is 6.16. The van der Waals surface area contributed by atoms with Crippen LogP contribution in [-0.4, -0.2) is 14.7 Å². The third kappa shape index (κ3) is 4.17. The van der Waals surface area contributed by atoms with Gasteiger partial charge in [0.1, 0.15) is 11.6 Å². The van der Waals surface area contributed by atoms with Gasteiger partial charge < -0.3 is 9.09 Å². The molecule has 3 aromatic carbocycles. The minimum absolute atomic E-state index is 0.0144. The Morgan fingerprint density at radius 1 is 0.889 bits per heavy atom. The van der Waals surface area contributed by atoms with E-state index in [2.05, 4.69) is 10.1 Å². The minimum atomic E-state index is -1.17. The van der Waals surface area contributed by atoms with E-state index in [-0.39, 0.29) is 40.5 Å². The van der Waals surface area contributed by atoms with Crippen LogP contribution < -0.4 is 5.43 Å². The molecule has 0 atom stereocenters. The molecule has 0 aliphatic rings. The van der Waals surface area contributed by atoms with Gasteiger partial charge in [-0.2, -0.15) is 4.98 Å². The van der Waals surface area contributed by atoms with Gasteiger partial charge in [0.2, 0.25) is 17.1 Å². The summed E-state index contributed by atoms with van der Waals surface area (Å²) in [7, 11) is 0. The van der Waals surface area contributed by atoms with E-state index in [0.29, 0.717) is 11.1 Å². The highest BCUT2D eigenvalue weighted by Gasteiger charge is 2.31. The highest BCUT2D eigenvalue weighted by atomic mass is 19.2. The van der Waals surface area contributed by atoms with Crippen LogP contribution in [0, 0.1) is 23.3 Å². The lowest BCUT2D eigenvalue weighted by molar-refractivity contribution is 0.332. The summed E-state index contributed by atoms with van der Waals surface area (Å²) in [5.41, 5.74) is 0.138. The lowest BCUT2D eigenvalue weighted by atomic mass is 9.84. The molecule has 0 spiro atoms. The first-order valence-electron chi connectivity index (χ1n) is 11.0. The summed E-state index contributed by atoms with van der Waals surface area (Å²) in [6.45, 7) is 3.76. The van der Waals surface area contributed by atoms with Gasteiger partial charge >= 0.3 is 0 Å². The van der Waals surface area contributed by atoms with Crippen molar-refractivity contribution >= 4 is 10.9 Å². The average Bonchev–Trinajstić information content (AvgIpc) is 3.35. The van der Waals surface area contributed by atoms with Gasteiger partial charge in [0.05, 0.1) is 16.5 Å². The molecule has 182 valence electrons. The molecule has 9 heteroatoms. The quantitative estimate of drug-likeness (QED) is 0.283. The predicted octanol–water partition coefficient (Wildman–Crippen LogP) is 5.98.